The molecule has 0 unspecified atom stereocenters. The monoisotopic (exact) mass is 457 g/mol. The van der Waals surface area contributed by atoms with Crippen molar-refractivity contribution < 1.29 is 9.59 Å². The number of nitrogens with one attached hydrogen (secondary N) is 1. The number of amides is 2. The van der Waals surface area contributed by atoms with Gasteiger partial charge in [-0.25, -0.2) is 0 Å². The molecule has 0 radical (unpaired) electrons. The fourth-order valence-electron chi connectivity index (χ4n) is 4.62. The van der Waals surface area contributed by atoms with E-state index in [0.29, 0.717) is 37.3 Å². The summed E-state index contributed by atoms with van der Waals surface area (Å²) < 4.78 is 0. The van der Waals surface area contributed by atoms with Crippen molar-refractivity contribution in [1.82, 2.24) is 19.8 Å². The summed E-state index contributed by atoms with van der Waals surface area (Å²) in [6.07, 6.45) is 6.68. The molecular weight excluding hydrogens is 426 g/mol. The van der Waals surface area contributed by atoms with Crippen molar-refractivity contribution in [3.8, 4) is 0 Å². The number of likely N-dealkylation sites (tertiary alicyclic amines) is 1. The lowest BCUT2D eigenvalue weighted by atomic mass is 9.75. The minimum atomic E-state index is -0.843. The van der Waals surface area contributed by atoms with Gasteiger partial charge in [0, 0.05) is 63.6 Å². The smallest absolute Gasteiger partial charge is 0.253 e. The van der Waals surface area contributed by atoms with Gasteiger partial charge in [-0.15, -0.1) is 0 Å². The Balaban J connectivity index is 1.58. The first-order valence-corrected chi connectivity index (χ1v) is 11.6. The Labute approximate surface area is 200 Å². The first-order valence-electron chi connectivity index (χ1n) is 11.6. The van der Waals surface area contributed by atoms with E-state index in [1.165, 1.54) is 0 Å². The molecule has 7 nitrogen and oxygen atoms in total. The van der Waals surface area contributed by atoms with Gasteiger partial charge in [-0.3, -0.25) is 19.6 Å². The zero-order chi connectivity index (χ0) is 24.1. The number of pyridine rings is 2. The molecule has 7 heteroatoms. The molecule has 0 spiro atoms. The third-order valence-corrected chi connectivity index (χ3v) is 6.44. The lowest BCUT2D eigenvalue weighted by molar-refractivity contribution is -0.136. The summed E-state index contributed by atoms with van der Waals surface area (Å²) in [6, 6.07) is 15.3. The van der Waals surface area contributed by atoms with Crippen molar-refractivity contribution in [1.29, 1.82) is 0 Å². The van der Waals surface area contributed by atoms with Gasteiger partial charge in [-0.1, -0.05) is 18.2 Å². The van der Waals surface area contributed by atoms with Crippen LogP contribution in [0, 0.1) is 6.92 Å². The molecule has 176 valence electrons. The third-order valence-electron chi connectivity index (χ3n) is 6.44. The molecule has 1 atom stereocenters. The Hall–Kier alpha value is -3.74. The minimum absolute atomic E-state index is 0.0218. The van der Waals surface area contributed by atoms with Gasteiger partial charge in [0.2, 0.25) is 5.91 Å². The van der Waals surface area contributed by atoms with Crippen LogP contribution in [0.4, 0.5) is 5.69 Å². The summed E-state index contributed by atoms with van der Waals surface area (Å²) in [4.78, 5) is 39.1. The summed E-state index contributed by atoms with van der Waals surface area (Å²) >= 11 is 0. The summed E-state index contributed by atoms with van der Waals surface area (Å²) in [6.45, 7) is 3.56. The van der Waals surface area contributed by atoms with E-state index in [1.54, 1.807) is 36.3 Å². The fourth-order valence-corrected chi connectivity index (χ4v) is 4.62. The fraction of sp³-hybridized carbons (Fsp3) is 0.333. The predicted octanol–water partition coefficient (Wildman–Crippen LogP) is 3.66. The Morgan fingerprint density at radius 1 is 1.12 bits per heavy atom. The van der Waals surface area contributed by atoms with Gasteiger partial charge in [-0.2, -0.15) is 0 Å². The predicted molar refractivity (Wildman–Crippen MR) is 132 cm³/mol. The second-order valence-electron chi connectivity index (χ2n) is 9.07. The maximum absolute atomic E-state index is 13.6. The molecule has 1 fully saturated rings. The van der Waals surface area contributed by atoms with Gasteiger partial charge in [0.15, 0.2) is 0 Å². The summed E-state index contributed by atoms with van der Waals surface area (Å²) in [5.41, 5.74) is 3.52. The van der Waals surface area contributed by atoms with Crippen molar-refractivity contribution in [3.63, 3.8) is 0 Å². The van der Waals surface area contributed by atoms with E-state index in [0.717, 1.165) is 23.2 Å². The Kier molecular flexibility index (Phi) is 6.91. The number of hydrogen-bond donors (Lipinski definition) is 1. The van der Waals surface area contributed by atoms with Crippen LogP contribution in [0.1, 0.15) is 40.0 Å². The average Bonchev–Trinajstić information content (AvgIpc) is 2.88. The van der Waals surface area contributed by atoms with E-state index >= 15 is 0 Å². The number of carbonyl (C=O) groups excluding carboxylic acids is 2. The van der Waals surface area contributed by atoms with E-state index in [2.05, 4.69) is 15.3 Å². The molecule has 0 saturated carbocycles. The standard InChI is InChI=1S/C27H31N5O2/c1-20-10-11-22(16-23(20)30-18-21-8-6-13-28-17-21)25(33)32-15-7-12-27(19-32,26(34)31(2)3)24-9-4-5-14-29-24/h4-6,8-11,13-14,16-17,30H,7,12,15,18-19H2,1-3H3/t27-/m1/s1. The lowest BCUT2D eigenvalue weighted by Crippen LogP contribution is -2.56. The van der Waals surface area contributed by atoms with Crippen molar-refractivity contribution in [2.45, 2.75) is 31.7 Å². The van der Waals surface area contributed by atoms with Gasteiger partial charge in [0.05, 0.1) is 5.69 Å². The van der Waals surface area contributed by atoms with E-state index in [-0.39, 0.29) is 11.8 Å². The zero-order valence-corrected chi connectivity index (χ0v) is 20.0. The molecule has 3 heterocycles. The number of nitrogens with zero attached hydrogens (tertiary/aromatic N) is 4. The second kappa shape index (κ2) is 10.0. The molecule has 0 aliphatic carbocycles. The topological polar surface area (TPSA) is 78.4 Å². The molecule has 34 heavy (non-hydrogen) atoms. The molecule has 2 aromatic heterocycles. The van der Waals surface area contributed by atoms with Gasteiger partial charge >= 0.3 is 0 Å². The molecule has 3 aromatic rings. The highest BCUT2D eigenvalue weighted by Gasteiger charge is 2.46. The Morgan fingerprint density at radius 2 is 1.97 bits per heavy atom. The molecule has 1 aliphatic rings. The van der Waals surface area contributed by atoms with E-state index in [9.17, 15) is 9.59 Å². The van der Waals surface area contributed by atoms with Crippen LogP contribution in [0.3, 0.4) is 0 Å². The number of anilines is 1. The number of rotatable bonds is 6. The van der Waals surface area contributed by atoms with Crippen LogP contribution >= 0.6 is 0 Å². The zero-order valence-electron chi connectivity index (χ0n) is 20.0. The molecule has 1 N–H and O–H groups in total. The highest BCUT2D eigenvalue weighted by atomic mass is 16.2. The highest BCUT2D eigenvalue weighted by Crippen LogP contribution is 2.35. The van der Waals surface area contributed by atoms with Crippen molar-refractivity contribution in [2.75, 3.05) is 32.5 Å². The molecule has 1 saturated heterocycles. The molecule has 1 aliphatic heterocycles. The molecular formula is C27H31N5O2. The summed E-state index contributed by atoms with van der Waals surface area (Å²) in [7, 11) is 3.52. The molecule has 4 rings (SSSR count). The summed E-state index contributed by atoms with van der Waals surface area (Å²) in [5, 5.41) is 3.42. The van der Waals surface area contributed by atoms with Crippen molar-refractivity contribution in [2.24, 2.45) is 0 Å². The SMILES string of the molecule is Cc1ccc(C(=O)N2CCC[C@](C(=O)N(C)C)(c3ccccn3)C2)cc1NCc1cccnc1. The first-order chi connectivity index (χ1) is 16.4. The Bertz CT molecular complexity index is 1150. The number of likely N-dealkylation sites (N-methyl/N-ethyl adjacent to an activating group) is 1. The second-order valence-corrected chi connectivity index (χ2v) is 9.07. The quantitative estimate of drug-likeness (QED) is 0.611. The number of benzene rings is 1. The molecule has 2 amide bonds. The third kappa shape index (κ3) is 4.78. The van der Waals surface area contributed by atoms with E-state index in [1.807, 2.05) is 61.7 Å². The lowest BCUT2D eigenvalue weighted by Gasteiger charge is -2.42. The van der Waals surface area contributed by atoms with Crippen molar-refractivity contribution in [3.05, 3.63) is 89.5 Å². The molecule has 0 bridgehead atoms. The van der Waals surface area contributed by atoms with Gasteiger partial charge in [0.25, 0.3) is 5.91 Å². The van der Waals surface area contributed by atoms with Gasteiger partial charge in [-0.05, 0) is 61.2 Å². The van der Waals surface area contributed by atoms with Crippen LogP contribution in [0.2, 0.25) is 0 Å². The van der Waals surface area contributed by atoms with Crippen LogP contribution in [0.25, 0.3) is 0 Å². The highest BCUT2D eigenvalue weighted by molar-refractivity contribution is 5.96. The van der Waals surface area contributed by atoms with Crippen LogP contribution in [0.15, 0.2) is 67.1 Å². The number of piperidine rings is 1. The summed E-state index contributed by atoms with van der Waals surface area (Å²) in [5.74, 6) is -0.0950. The first kappa shape index (κ1) is 23.4. The molecule has 1 aromatic carbocycles. The van der Waals surface area contributed by atoms with E-state index < -0.39 is 5.41 Å². The maximum Gasteiger partial charge on any atom is 0.253 e. The van der Waals surface area contributed by atoms with Crippen LogP contribution < -0.4 is 5.32 Å². The van der Waals surface area contributed by atoms with Gasteiger partial charge < -0.3 is 15.1 Å². The largest absolute Gasteiger partial charge is 0.381 e. The Morgan fingerprint density at radius 3 is 2.68 bits per heavy atom. The normalized spacial score (nSPS) is 17.8. The van der Waals surface area contributed by atoms with Crippen LogP contribution in [-0.2, 0) is 16.8 Å². The number of aryl methyl sites for hydroxylation is 1. The number of hydrogen-bond acceptors (Lipinski definition) is 5. The minimum Gasteiger partial charge on any atom is -0.381 e. The number of carbonyl (C=O) groups is 2. The van der Waals surface area contributed by atoms with E-state index in [4.69, 9.17) is 0 Å². The maximum atomic E-state index is 13.6. The van der Waals surface area contributed by atoms with Crippen molar-refractivity contribution >= 4 is 17.5 Å². The van der Waals surface area contributed by atoms with Crippen LogP contribution in [0.5, 0.6) is 0 Å². The average molecular weight is 458 g/mol. The number of aromatic nitrogens is 2. The van der Waals surface area contributed by atoms with Crippen LogP contribution in [-0.4, -0.2) is 58.8 Å². The van der Waals surface area contributed by atoms with Gasteiger partial charge in [0.1, 0.15) is 5.41 Å².